The number of pyridine rings is 1. The Morgan fingerprint density at radius 1 is 0.900 bits per heavy atom. The van der Waals surface area contributed by atoms with Gasteiger partial charge in [-0.2, -0.15) is 26.3 Å². The average Bonchev–Trinajstić information content (AvgIpc) is 3.46. The zero-order valence-electron chi connectivity index (χ0n) is 21.5. The number of para-hydroxylation sites is 1. The van der Waals surface area contributed by atoms with E-state index in [4.69, 9.17) is 0 Å². The first-order chi connectivity index (χ1) is 19.0. The Labute approximate surface area is 227 Å². The van der Waals surface area contributed by atoms with Crippen molar-refractivity contribution < 1.29 is 31.1 Å². The summed E-state index contributed by atoms with van der Waals surface area (Å²) >= 11 is 0. The molecule has 40 heavy (non-hydrogen) atoms. The number of anilines is 1. The number of carbonyl (C=O) groups excluding carboxylic acids is 1. The summed E-state index contributed by atoms with van der Waals surface area (Å²) in [4.78, 5) is 24.5. The predicted octanol–water partition coefficient (Wildman–Crippen LogP) is 7.56. The van der Waals surface area contributed by atoms with Crippen LogP contribution in [0.3, 0.4) is 0 Å². The van der Waals surface area contributed by atoms with Crippen molar-refractivity contribution in [2.75, 3.05) is 18.0 Å². The number of amides is 1. The summed E-state index contributed by atoms with van der Waals surface area (Å²) in [5, 5.41) is 3.70. The van der Waals surface area contributed by atoms with Crippen molar-refractivity contribution in [3.63, 3.8) is 0 Å². The summed E-state index contributed by atoms with van der Waals surface area (Å²) in [6.45, 7) is 1.89. The van der Waals surface area contributed by atoms with Crippen molar-refractivity contribution in [2.45, 2.75) is 56.9 Å². The van der Waals surface area contributed by atoms with Gasteiger partial charge in [0.2, 0.25) is 0 Å². The molecule has 3 aromatic rings. The minimum absolute atomic E-state index is 0.0137. The number of carbonyl (C=O) groups is 1. The van der Waals surface area contributed by atoms with Gasteiger partial charge in [-0.3, -0.25) is 4.79 Å². The minimum Gasteiger partial charge on any atom is -0.371 e. The topological polar surface area (TPSA) is 57.6 Å². The van der Waals surface area contributed by atoms with Crippen molar-refractivity contribution in [3.8, 4) is 0 Å². The van der Waals surface area contributed by atoms with Crippen molar-refractivity contribution in [2.24, 2.45) is 10.9 Å². The summed E-state index contributed by atoms with van der Waals surface area (Å²) in [6.07, 6.45) is -3.34. The number of halogens is 6. The monoisotopic (exact) mass is 562 g/mol. The SMILES string of the molecule is O=C(N[C@@H]1CCCCC1C=Nc1cc(N2CCCC2)c2ccccc2n1)c1cc(C(F)(F)F)cc(C(F)(F)F)c1. The first kappa shape index (κ1) is 27.9. The molecule has 1 saturated heterocycles. The highest BCUT2D eigenvalue weighted by Gasteiger charge is 2.38. The van der Waals surface area contributed by atoms with E-state index < -0.39 is 41.0 Å². The van der Waals surface area contributed by atoms with E-state index in [1.54, 1.807) is 6.21 Å². The van der Waals surface area contributed by atoms with Crippen LogP contribution in [-0.4, -0.2) is 36.2 Å². The third-order valence-electron chi connectivity index (χ3n) is 7.51. The molecule has 2 fully saturated rings. The fraction of sp³-hybridized carbons (Fsp3) is 0.414. The van der Waals surface area contributed by atoms with Gasteiger partial charge in [-0.05, 0) is 49.9 Å². The van der Waals surface area contributed by atoms with Crippen LogP contribution in [0.15, 0.2) is 53.5 Å². The molecule has 0 bridgehead atoms. The molecule has 1 unspecified atom stereocenters. The number of aromatic nitrogens is 1. The molecule has 5 rings (SSSR count). The molecule has 212 valence electrons. The van der Waals surface area contributed by atoms with Gasteiger partial charge in [0.05, 0.1) is 16.6 Å². The number of nitrogens with one attached hydrogen (secondary N) is 1. The van der Waals surface area contributed by atoms with E-state index in [0.29, 0.717) is 30.8 Å². The van der Waals surface area contributed by atoms with Crippen LogP contribution in [0, 0.1) is 5.92 Å². The molecule has 2 atom stereocenters. The van der Waals surface area contributed by atoms with E-state index in [2.05, 4.69) is 20.2 Å². The van der Waals surface area contributed by atoms with Gasteiger partial charge < -0.3 is 10.2 Å². The highest BCUT2D eigenvalue weighted by Crippen LogP contribution is 2.37. The van der Waals surface area contributed by atoms with Crippen molar-refractivity contribution >= 4 is 34.5 Å². The number of nitrogens with zero attached hydrogens (tertiary/aromatic N) is 3. The number of hydrogen-bond donors (Lipinski definition) is 1. The molecule has 1 aromatic heterocycles. The van der Waals surface area contributed by atoms with Gasteiger partial charge in [0.1, 0.15) is 0 Å². The lowest BCUT2D eigenvalue weighted by Crippen LogP contribution is -2.42. The highest BCUT2D eigenvalue weighted by molar-refractivity contribution is 5.95. The molecule has 1 aliphatic carbocycles. The number of fused-ring (bicyclic) bond motifs is 1. The van der Waals surface area contributed by atoms with E-state index >= 15 is 0 Å². The number of aliphatic imine (C=N–C) groups is 1. The van der Waals surface area contributed by atoms with E-state index in [1.165, 1.54) is 0 Å². The average molecular weight is 563 g/mol. The molecule has 5 nitrogen and oxygen atoms in total. The zero-order chi connectivity index (χ0) is 28.5. The number of benzene rings is 2. The molecule has 1 aliphatic heterocycles. The molecule has 1 amide bonds. The Kier molecular flexibility index (Phi) is 7.74. The maximum Gasteiger partial charge on any atom is 0.416 e. The van der Waals surface area contributed by atoms with Gasteiger partial charge >= 0.3 is 12.4 Å². The van der Waals surface area contributed by atoms with Crippen LogP contribution in [0.2, 0.25) is 0 Å². The van der Waals surface area contributed by atoms with Crippen LogP contribution in [0.5, 0.6) is 0 Å². The van der Waals surface area contributed by atoms with E-state index in [-0.39, 0.29) is 12.0 Å². The quantitative estimate of drug-likeness (QED) is 0.258. The van der Waals surface area contributed by atoms with Crippen LogP contribution in [0.1, 0.15) is 60.0 Å². The smallest absolute Gasteiger partial charge is 0.371 e. The highest BCUT2D eigenvalue weighted by atomic mass is 19.4. The maximum absolute atomic E-state index is 13.3. The molecule has 1 N–H and O–H groups in total. The fourth-order valence-corrected chi connectivity index (χ4v) is 5.46. The first-order valence-electron chi connectivity index (χ1n) is 13.3. The van der Waals surface area contributed by atoms with Crippen LogP contribution in [-0.2, 0) is 12.4 Å². The number of hydrogen-bond acceptors (Lipinski definition) is 4. The summed E-state index contributed by atoms with van der Waals surface area (Å²) < 4.78 is 79.7. The Bertz CT molecular complexity index is 1380. The van der Waals surface area contributed by atoms with E-state index in [1.807, 2.05) is 30.3 Å². The Morgan fingerprint density at radius 2 is 1.55 bits per heavy atom. The second kappa shape index (κ2) is 11.1. The second-order valence-corrected chi connectivity index (χ2v) is 10.3. The molecular weight excluding hydrogens is 534 g/mol. The van der Waals surface area contributed by atoms with Crippen LogP contribution >= 0.6 is 0 Å². The normalized spacial score (nSPS) is 20.4. The van der Waals surface area contributed by atoms with E-state index in [9.17, 15) is 31.1 Å². The van der Waals surface area contributed by atoms with Gasteiger partial charge in [0.15, 0.2) is 5.82 Å². The van der Waals surface area contributed by atoms with Gasteiger partial charge in [0, 0.05) is 54.0 Å². The largest absolute Gasteiger partial charge is 0.416 e. The lowest BCUT2D eigenvalue weighted by Gasteiger charge is -2.30. The van der Waals surface area contributed by atoms with Crippen LogP contribution in [0.4, 0.5) is 37.8 Å². The van der Waals surface area contributed by atoms with Gasteiger partial charge in [-0.15, -0.1) is 0 Å². The fourth-order valence-electron chi connectivity index (χ4n) is 5.46. The number of alkyl halides is 6. The van der Waals surface area contributed by atoms with Crippen LogP contribution < -0.4 is 10.2 Å². The molecule has 11 heteroatoms. The lowest BCUT2D eigenvalue weighted by molar-refractivity contribution is -0.143. The van der Waals surface area contributed by atoms with E-state index in [0.717, 1.165) is 55.4 Å². The molecule has 2 aliphatic rings. The molecule has 0 radical (unpaired) electrons. The molecule has 0 spiro atoms. The summed E-state index contributed by atoms with van der Waals surface area (Å²) in [5.74, 6) is -0.736. The molecule has 2 aromatic carbocycles. The zero-order valence-corrected chi connectivity index (χ0v) is 21.5. The van der Waals surface area contributed by atoms with Gasteiger partial charge in [-0.1, -0.05) is 31.0 Å². The summed E-state index contributed by atoms with van der Waals surface area (Å²) in [5.41, 5.74) is -1.88. The predicted molar refractivity (Wildman–Crippen MR) is 141 cm³/mol. The third-order valence-corrected chi connectivity index (χ3v) is 7.51. The van der Waals surface area contributed by atoms with Crippen molar-refractivity contribution in [1.29, 1.82) is 0 Å². The molecular formula is C29H28F6N4O. The Balaban J connectivity index is 1.39. The molecule has 2 heterocycles. The van der Waals surface area contributed by atoms with Crippen LogP contribution in [0.25, 0.3) is 10.9 Å². The first-order valence-corrected chi connectivity index (χ1v) is 13.3. The second-order valence-electron chi connectivity index (χ2n) is 10.3. The Hall–Kier alpha value is -3.63. The van der Waals surface area contributed by atoms with Crippen molar-refractivity contribution in [3.05, 3.63) is 65.2 Å². The lowest BCUT2D eigenvalue weighted by atomic mass is 9.85. The summed E-state index contributed by atoms with van der Waals surface area (Å²) in [7, 11) is 0. The maximum atomic E-state index is 13.3. The van der Waals surface area contributed by atoms with Gasteiger partial charge in [-0.25, -0.2) is 9.98 Å². The van der Waals surface area contributed by atoms with Gasteiger partial charge in [0.25, 0.3) is 5.91 Å². The number of rotatable bonds is 5. The third kappa shape index (κ3) is 6.23. The Morgan fingerprint density at radius 3 is 2.23 bits per heavy atom. The minimum atomic E-state index is -5.03. The summed E-state index contributed by atoms with van der Waals surface area (Å²) in [6, 6.07) is 10.2. The standard InChI is InChI=1S/C29H28F6N4O/c30-28(31,32)20-13-19(14-21(15-20)29(33,34)35)27(40)38-23-9-3-1-7-18(23)17-36-26-16-25(39-11-5-6-12-39)22-8-2-4-10-24(22)37-26/h2,4,8,10,13-18,23H,1,3,5-7,9,11-12H2,(H,38,40)/t18?,23-/m1/s1. The van der Waals surface area contributed by atoms with Crippen molar-refractivity contribution in [1.82, 2.24) is 10.3 Å². The molecule has 1 saturated carbocycles.